The van der Waals surface area contributed by atoms with E-state index in [2.05, 4.69) is 13.2 Å². The van der Waals surface area contributed by atoms with E-state index in [4.69, 9.17) is 9.84 Å². The van der Waals surface area contributed by atoms with Crippen LogP contribution >= 0.6 is 0 Å². The minimum absolute atomic E-state index is 0.0920. The Morgan fingerprint density at radius 1 is 1.53 bits per heavy atom. The van der Waals surface area contributed by atoms with Gasteiger partial charge in [-0.3, -0.25) is 0 Å². The van der Waals surface area contributed by atoms with Gasteiger partial charge < -0.3 is 9.84 Å². The highest BCUT2D eigenvalue weighted by molar-refractivity contribution is 5.91. The van der Waals surface area contributed by atoms with Crippen molar-refractivity contribution in [1.29, 1.82) is 0 Å². The number of carboxylic acids is 1. The van der Waals surface area contributed by atoms with Crippen LogP contribution in [0.25, 0.3) is 0 Å². The first-order chi connectivity index (χ1) is 7.06. The van der Waals surface area contributed by atoms with Crippen LogP contribution in [0.2, 0.25) is 0 Å². The van der Waals surface area contributed by atoms with Crippen LogP contribution in [-0.2, 0) is 9.53 Å². The number of rotatable bonds is 5. The van der Waals surface area contributed by atoms with Crippen molar-refractivity contribution in [2.24, 2.45) is 0 Å². The topological polar surface area (TPSA) is 46.5 Å². The van der Waals surface area contributed by atoms with Crippen molar-refractivity contribution >= 4 is 5.97 Å². The number of aliphatic carboxylic acids is 1. The van der Waals surface area contributed by atoms with E-state index in [9.17, 15) is 4.79 Å². The van der Waals surface area contributed by atoms with Crippen LogP contribution in [-0.4, -0.2) is 17.2 Å². The van der Waals surface area contributed by atoms with Crippen LogP contribution in [0.5, 0.6) is 0 Å². The minimum Gasteiger partial charge on any atom is -0.489 e. The summed E-state index contributed by atoms with van der Waals surface area (Å²) in [5.74, 6) is -0.662. The summed E-state index contributed by atoms with van der Waals surface area (Å²) in [6.07, 6.45) is 4.56. The largest absolute Gasteiger partial charge is 0.489 e. The third-order valence-electron chi connectivity index (χ3n) is 2.40. The molecule has 0 atom stereocenters. The van der Waals surface area contributed by atoms with Crippen molar-refractivity contribution in [1.82, 2.24) is 0 Å². The van der Waals surface area contributed by atoms with Gasteiger partial charge in [-0.25, -0.2) is 4.79 Å². The van der Waals surface area contributed by atoms with Crippen molar-refractivity contribution in [3.63, 3.8) is 0 Å². The fourth-order valence-corrected chi connectivity index (χ4v) is 1.33. The molecular weight excluding hydrogens is 192 g/mol. The maximum Gasteiger partial charge on any atom is 0.339 e. The van der Waals surface area contributed by atoms with Gasteiger partial charge in [-0.1, -0.05) is 19.2 Å². The quantitative estimate of drug-likeness (QED) is 0.429. The Balaban J connectivity index is 2.91. The monoisotopic (exact) mass is 208 g/mol. The van der Waals surface area contributed by atoms with Crippen molar-refractivity contribution in [3.8, 4) is 0 Å². The molecule has 0 heterocycles. The van der Waals surface area contributed by atoms with Gasteiger partial charge in [0.25, 0.3) is 0 Å². The van der Waals surface area contributed by atoms with Crippen LogP contribution in [0, 0.1) is 0 Å². The highest BCUT2D eigenvalue weighted by Crippen LogP contribution is 2.28. The van der Waals surface area contributed by atoms with Crippen LogP contribution < -0.4 is 0 Å². The smallest absolute Gasteiger partial charge is 0.339 e. The molecule has 3 heteroatoms. The molecule has 0 amide bonds. The predicted octanol–water partition coefficient (Wildman–Crippen LogP) is 2.66. The lowest BCUT2D eigenvalue weighted by molar-refractivity contribution is -0.132. The van der Waals surface area contributed by atoms with E-state index in [-0.39, 0.29) is 11.7 Å². The standard InChI is InChI=1S/C12H16O3/c1-4-10(12(13)14)11(8(2)3)15-9-6-5-7-9/h4,9H,1-2,5-7H2,3H3,(H,13,14)/b11-10-. The van der Waals surface area contributed by atoms with E-state index in [0.29, 0.717) is 11.3 Å². The molecule has 0 aromatic carbocycles. The molecule has 1 rings (SSSR count). The Morgan fingerprint density at radius 3 is 2.40 bits per heavy atom. The van der Waals surface area contributed by atoms with Crippen LogP contribution in [0.15, 0.2) is 36.1 Å². The molecule has 1 saturated carbocycles. The summed E-state index contributed by atoms with van der Waals surface area (Å²) in [6.45, 7) is 8.94. The Hall–Kier alpha value is -1.51. The van der Waals surface area contributed by atoms with E-state index in [0.717, 1.165) is 19.3 Å². The molecule has 0 radical (unpaired) electrons. The van der Waals surface area contributed by atoms with Gasteiger partial charge in [0.15, 0.2) is 0 Å². The summed E-state index contributed by atoms with van der Waals surface area (Å²) in [7, 11) is 0. The zero-order valence-corrected chi connectivity index (χ0v) is 8.95. The van der Waals surface area contributed by atoms with Crippen molar-refractivity contribution in [3.05, 3.63) is 36.1 Å². The predicted molar refractivity (Wildman–Crippen MR) is 58.4 cm³/mol. The second-order valence-corrected chi connectivity index (χ2v) is 3.70. The van der Waals surface area contributed by atoms with Gasteiger partial charge >= 0.3 is 5.97 Å². The van der Waals surface area contributed by atoms with Gasteiger partial charge in [0.1, 0.15) is 11.3 Å². The molecule has 0 aromatic heterocycles. The van der Waals surface area contributed by atoms with E-state index in [1.807, 2.05) is 0 Å². The number of ether oxygens (including phenoxy) is 1. The Morgan fingerprint density at radius 2 is 2.13 bits per heavy atom. The number of hydrogen-bond acceptors (Lipinski definition) is 2. The van der Waals surface area contributed by atoms with Gasteiger partial charge in [-0.05, 0) is 31.8 Å². The molecule has 82 valence electrons. The zero-order valence-electron chi connectivity index (χ0n) is 8.95. The Bertz CT molecular complexity index is 322. The molecule has 0 aromatic rings. The fraction of sp³-hybridized carbons (Fsp3) is 0.417. The summed E-state index contributed by atoms with van der Waals surface area (Å²) in [5.41, 5.74) is 0.716. The third kappa shape index (κ3) is 2.72. The average Bonchev–Trinajstić information content (AvgIpc) is 2.07. The number of hydrogen-bond donors (Lipinski definition) is 1. The first kappa shape index (κ1) is 11.6. The summed E-state index contributed by atoms with van der Waals surface area (Å²) in [4.78, 5) is 10.9. The normalized spacial score (nSPS) is 17.4. The molecule has 1 aliphatic carbocycles. The van der Waals surface area contributed by atoms with E-state index in [1.165, 1.54) is 6.08 Å². The van der Waals surface area contributed by atoms with Crippen LogP contribution in [0.3, 0.4) is 0 Å². The molecule has 15 heavy (non-hydrogen) atoms. The van der Waals surface area contributed by atoms with Gasteiger partial charge in [-0.2, -0.15) is 0 Å². The third-order valence-corrected chi connectivity index (χ3v) is 2.40. The van der Waals surface area contributed by atoms with Gasteiger partial charge in [0.05, 0.1) is 6.10 Å². The maximum atomic E-state index is 10.9. The lowest BCUT2D eigenvalue weighted by atomic mass is 9.96. The molecule has 3 nitrogen and oxygen atoms in total. The first-order valence-corrected chi connectivity index (χ1v) is 4.98. The van der Waals surface area contributed by atoms with Gasteiger partial charge in [0.2, 0.25) is 0 Å². The molecule has 0 unspecified atom stereocenters. The highest BCUT2D eigenvalue weighted by Gasteiger charge is 2.23. The number of carboxylic acid groups (broad SMARTS) is 1. The van der Waals surface area contributed by atoms with E-state index in [1.54, 1.807) is 6.92 Å². The summed E-state index contributed by atoms with van der Waals surface area (Å²) in [5, 5.41) is 8.95. The van der Waals surface area contributed by atoms with E-state index < -0.39 is 5.97 Å². The van der Waals surface area contributed by atoms with Crippen molar-refractivity contribution in [2.75, 3.05) is 0 Å². The number of allylic oxidation sites excluding steroid dienone is 1. The molecule has 0 spiro atoms. The minimum atomic E-state index is -1.03. The lowest BCUT2D eigenvalue weighted by Gasteiger charge is -2.28. The average molecular weight is 208 g/mol. The molecule has 1 fully saturated rings. The second kappa shape index (κ2) is 4.82. The number of carbonyl (C=O) groups is 1. The van der Waals surface area contributed by atoms with E-state index >= 15 is 0 Å². The fourth-order valence-electron chi connectivity index (χ4n) is 1.33. The molecule has 0 bridgehead atoms. The Kier molecular flexibility index (Phi) is 3.72. The first-order valence-electron chi connectivity index (χ1n) is 4.98. The van der Waals surface area contributed by atoms with Gasteiger partial charge in [-0.15, -0.1) is 0 Å². The van der Waals surface area contributed by atoms with Crippen LogP contribution in [0.4, 0.5) is 0 Å². The van der Waals surface area contributed by atoms with Gasteiger partial charge in [0, 0.05) is 0 Å². The highest BCUT2D eigenvalue weighted by atomic mass is 16.5. The maximum absolute atomic E-state index is 10.9. The molecule has 0 aliphatic heterocycles. The second-order valence-electron chi connectivity index (χ2n) is 3.70. The zero-order chi connectivity index (χ0) is 11.4. The molecule has 0 saturated heterocycles. The molecule has 1 N–H and O–H groups in total. The Labute approximate surface area is 89.7 Å². The summed E-state index contributed by atoms with van der Waals surface area (Å²) in [6, 6.07) is 0. The summed E-state index contributed by atoms with van der Waals surface area (Å²) < 4.78 is 5.59. The lowest BCUT2D eigenvalue weighted by Crippen LogP contribution is -2.22. The SMILES string of the molecule is C=C/C(C(=O)O)=C(/OC1CCC1)C(=C)C. The van der Waals surface area contributed by atoms with Crippen LogP contribution in [0.1, 0.15) is 26.2 Å². The molecular formula is C12H16O3. The molecule has 1 aliphatic rings. The summed E-state index contributed by atoms with van der Waals surface area (Å²) >= 11 is 0. The van der Waals surface area contributed by atoms with Crippen molar-refractivity contribution in [2.45, 2.75) is 32.3 Å². The van der Waals surface area contributed by atoms with Crippen molar-refractivity contribution < 1.29 is 14.6 Å².